The van der Waals surface area contributed by atoms with Gasteiger partial charge in [-0.25, -0.2) is 4.79 Å². The maximum absolute atomic E-state index is 12.2. The topological polar surface area (TPSA) is 42.7 Å². The van der Waals surface area contributed by atoms with Gasteiger partial charge >= 0.3 is 6.09 Å². The Morgan fingerprint density at radius 3 is 2.83 bits per heavy atom. The Hall–Kier alpha value is -1.71. The molecule has 0 aliphatic carbocycles. The van der Waals surface area contributed by atoms with Gasteiger partial charge in [-0.2, -0.15) is 0 Å². The summed E-state index contributed by atoms with van der Waals surface area (Å²) >= 11 is 0. The first-order valence-electron chi connectivity index (χ1n) is 6.14. The Labute approximate surface area is 107 Å². The van der Waals surface area contributed by atoms with E-state index in [1.807, 2.05) is 32.9 Å². The molecule has 18 heavy (non-hydrogen) atoms. The first kappa shape index (κ1) is 12.7. The van der Waals surface area contributed by atoms with Crippen LogP contribution in [-0.2, 0) is 4.74 Å². The van der Waals surface area contributed by atoms with E-state index in [9.17, 15) is 4.79 Å². The molecule has 0 bridgehead atoms. The molecule has 1 amide bonds. The number of carbonyl (C=O) groups is 1. The van der Waals surface area contributed by atoms with Crippen molar-refractivity contribution in [3.63, 3.8) is 0 Å². The Morgan fingerprint density at radius 2 is 2.22 bits per heavy atom. The van der Waals surface area contributed by atoms with Crippen molar-refractivity contribution in [3.05, 3.63) is 36.3 Å². The van der Waals surface area contributed by atoms with E-state index in [4.69, 9.17) is 9.15 Å². The van der Waals surface area contributed by atoms with Gasteiger partial charge in [-0.3, -0.25) is 4.90 Å². The lowest BCUT2D eigenvalue weighted by atomic mass is 10.0. The van der Waals surface area contributed by atoms with Crippen LogP contribution in [0.4, 0.5) is 4.79 Å². The van der Waals surface area contributed by atoms with Crippen molar-refractivity contribution < 1.29 is 13.9 Å². The molecule has 1 aromatic heterocycles. The van der Waals surface area contributed by atoms with Crippen molar-refractivity contribution in [2.75, 3.05) is 6.54 Å². The van der Waals surface area contributed by atoms with E-state index in [1.165, 1.54) is 0 Å². The summed E-state index contributed by atoms with van der Waals surface area (Å²) in [5, 5.41) is 0. The van der Waals surface area contributed by atoms with E-state index in [-0.39, 0.29) is 12.1 Å². The van der Waals surface area contributed by atoms with Gasteiger partial charge in [0, 0.05) is 12.1 Å². The minimum Gasteiger partial charge on any atom is -0.472 e. The molecule has 4 nitrogen and oxygen atoms in total. The molecule has 1 atom stereocenters. The van der Waals surface area contributed by atoms with Crippen molar-refractivity contribution >= 4 is 6.09 Å². The van der Waals surface area contributed by atoms with Crippen LogP contribution in [0.25, 0.3) is 0 Å². The Kier molecular flexibility index (Phi) is 3.45. The quantitative estimate of drug-likeness (QED) is 0.715. The van der Waals surface area contributed by atoms with Gasteiger partial charge in [0.2, 0.25) is 0 Å². The van der Waals surface area contributed by atoms with Crippen LogP contribution in [0, 0.1) is 0 Å². The summed E-state index contributed by atoms with van der Waals surface area (Å²) in [6, 6.07) is 1.89. The number of nitrogens with zero attached hydrogens (tertiary/aromatic N) is 1. The van der Waals surface area contributed by atoms with Gasteiger partial charge in [-0.05, 0) is 33.3 Å². The number of carbonyl (C=O) groups excluding carboxylic acids is 1. The molecule has 4 heteroatoms. The summed E-state index contributed by atoms with van der Waals surface area (Å²) in [6.07, 6.45) is 7.89. The Balaban J connectivity index is 2.14. The summed E-state index contributed by atoms with van der Waals surface area (Å²) in [5.74, 6) is 0. The van der Waals surface area contributed by atoms with Crippen molar-refractivity contribution in [3.8, 4) is 0 Å². The maximum Gasteiger partial charge on any atom is 0.411 e. The summed E-state index contributed by atoms with van der Waals surface area (Å²) in [6.45, 7) is 6.19. The van der Waals surface area contributed by atoms with Crippen molar-refractivity contribution in [2.45, 2.75) is 38.8 Å². The monoisotopic (exact) mass is 249 g/mol. The van der Waals surface area contributed by atoms with Crippen LogP contribution in [0.2, 0.25) is 0 Å². The average molecular weight is 249 g/mol. The van der Waals surface area contributed by atoms with Gasteiger partial charge in [0.15, 0.2) is 0 Å². The summed E-state index contributed by atoms with van der Waals surface area (Å²) in [7, 11) is 0. The SMILES string of the molecule is CC(C)(C)OC(=O)N1CC=CCC1c1ccoc1. The second-order valence-electron chi connectivity index (χ2n) is 5.41. The number of hydrogen-bond donors (Lipinski definition) is 0. The number of hydrogen-bond acceptors (Lipinski definition) is 3. The smallest absolute Gasteiger partial charge is 0.411 e. The van der Waals surface area contributed by atoms with Gasteiger partial charge in [0.05, 0.1) is 18.6 Å². The van der Waals surface area contributed by atoms with Crippen molar-refractivity contribution in [2.24, 2.45) is 0 Å². The molecule has 0 radical (unpaired) electrons. The Bertz CT molecular complexity index is 428. The molecule has 2 rings (SSSR count). The molecule has 0 fully saturated rings. The minimum atomic E-state index is -0.473. The zero-order valence-corrected chi connectivity index (χ0v) is 11.1. The number of rotatable bonds is 1. The van der Waals surface area contributed by atoms with Gasteiger partial charge in [0.25, 0.3) is 0 Å². The fourth-order valence-electron chi connectivity index (χ4n) is 1.97. The van der Waals surface area contributed by atoms with E-state index in [0.29, 0.717) is 6.54 Å². The zero-order valence-electron chi connectivity index (χ0n) is 11.1. The Morgan fingerprint density at radius 1 is 1.44 bits per heavy atom. The largest absolute Gasteiger partial charge is 0.472 e. The lowest BCUT2D eigenvalue weighted by Gasteiger charge is -2.34. The molecule has 0 spiro atoms. The number of furan rings is 1. The third-order valence-corrected chi connectivity index (χ3v) is 2.76. The average Bonchev–Trinajstić information content (AvgIpc) is 2.80. The molecule has 2 heterocycles. The molecule has 1 aliphatic heterocycles. The molecule has 0 saturated carbocycles. The highest BCUT2D eigenvalue weighted by molar-refractivity contribution is 5.69. The van der Waals surface area contributed by atoms with Gasteiger partial charge in [-0.15, -0.1) is 0 Å². The van der Waals surface area contributed by atoms with Crippen LogP contribution in [0.15, 0.2) is 35.2 Å². The first-order chi connectivity index (χ1) is 8.47. The predicted octanol–water partition coefficient (Wildman–Crippen LogP) is 3.52. The van der Waals surface area contributed by atoms with Gasteiger partial charge < -0.3 is 9.15 Å². The van der Waals surface area contributed by atoms with Crippen LogP contribution < -0.4 is 0 Å². The lowest BCUT2D eigenvalue weighted by Crippen LogP contribution is -2.40. The number of ether oxygens (including phenoxy) is 1. The van der Waals surface area contributed by atoms with Crippen molar-refractivity contribution in [1.82, 2.24) is 4.90 Å². The van der Waals surface area contributed by atoms with E-state index in [0.717, 1.165) is 12.0 Å². The van der Waals surface area contributed by atoms with Crippen LogP contribution in [-0.4, -0.2) is 23.1 Å². The van der Waals surface area contributed by atoms with Crippen LogP contribution in [0.1, 0.15) is 38.8 Å². The van der Waals surface area contributed by atoms with E-state index in [2.05, 4.69) is 6.08 Å². The molecule has 1 unspecified atom stereocenters. The van der Waals surface area contributed by atoms with E-state index >= 15 is 0 Å². The zero-order chi connectivity index (χ0) is 13.2. The molecule has 0 aromatic carbocycles. The van der Waals surface area contributed by atoms with Crippen molar-refractivity contribution in [1.29, 1.82) is 0 Å². The summed E-state index contributed by atoms with van der Waals surface area (Å²) in [4.78, 5) is 13.9. The van der Waals surface area contributed by atoms with Gasteiger partial charge in [0.1, 0.15) is 5.60 Å². The molecule has 1 aromatic rings. The van der Waals surface area contributed by atoms with Crippen LogP contribution >= 0.6 is 0 Å². The normalized spacial score (nSPS) is 19.9. The number of amides is 1. The highest BCUT2D eigenvalue weighted by Gasteiger charge is 2.30. The minimum absolute atomic E-state index is 0.00333. The molecule has 1 aliphatic rings. The van der Waals surface area contributed by atoms with Crippen LogP contribution in [0.5, 0.6) is 0 Å². The molecule has 0 saturated heterocycles. The van der Waals surface area contributed by atoms with Crippen LogP contribution in [0.3, 0.4) is 0 Å². The second-order valence-corrected chi connectivity index (χ2v) is 5.41. The fraction of sp³-hybridized carbons (Fsp3) is 0.500. The van der Waals surface area contributed by atoms with E-state index in [1.54, 1.807) is 17.4 Å². The second kappa shape index (κ2) is 4.88. The van der Waals surface area contributed by atoms with Gasteiger partial charge in [-0.1, -0.05) is 12.2 Å². The summed E-state index contributed by atoms with van der Waals surface area (Å²) in [5.41, 5.74) is 0.532. The predicted molar refractivity (Wildman–Crippen MR) is 68.1 cm³/mol. The third-order valence-electron chi connectivity index (χ3n) is 2.76. The third kappa shape index (κ3) is 2.94. The highest BCUT2D eigenvalue weighted by atomic mass is 16.6. The first-order valence-corrected chi connectivity index (χ1v) is 6.14. The molecule has 98 valence electrons. The molecular formula is C14H19NO3. The maximum atomic E-state index is 12.2. The molecule has 0 N–H and O–H groups in total. The fourth-order valence-corrected chi connectivity index (χ4v) is 1.97. The lowest BCUT2D eigenvalue weighted by molar-refractivity contribution is 0.0175. The summed E-state index contributed by atoms with van der Waals surface area (Å²) < 4.78 is 10.5. The highest BCUT2D eigenvalue weighted by Crippen LogP contribution is 2.29. The standard InChI is InChI=1S/C14H19NO3/c1-14(2,3)18-13(16)15-8-5-4-6-12(15)11-7-9-17-10-11/h4-5,7,9-10,12H,6,8H2,1-3H3. The van der Waals surface area contributed by atoms with E-state index < -0.39 is 5.60 Å². The molecular weight excluding hydrogens is 230 g/mol.